The number of rotatable bonds is 6. The van der Waals surface area contributed by atoms with Gasteiger partial charge in [-0.2, -0.15) is 0 Å². The molecule has 0 saturated carbocycles. The van der Waals surface area contributed by atoms with Crippen molar-refractivity contribution in [3.63, 3.8) is 0 Å². The van der Waals surface area contributed by atoms with Crippen LogP contribution in [0.2, 0.25) is 0 Å². The van der Waals surface area contributed by atoms with Gasteiger partial charge in [0.25, 0.3) is 0 Å². The van der Waals surface area contributed by atoms with E-state index in [4.69, 9.17) is 5.73 Å². The lowest BCUT2D eigenvalue weighted by molar-refractivity contribution is -0.142. The maximum Gasteiger partial charge on any atom is 0.246 e. The average Bonchev–Trinajstić information content (AvgIpc) is 3.21. The van der Waals surface area contributed by atoms with Gasteiger partial charge in [0, 0.05) is 24.9 Å². The van der Waals surface area contributed by atoms with Crippen LogP contribution in [0.25, 0.3) is 0 Å². The molecule has 3 rings (SSSR count). The van der Waals surface area contributed by atoms with Crippen molar-refractivity contribution in [2.24, 2.45) is 5.73 Å². The first-order valence-electron chi connectivity index (χ1n) is 8.12. The molecule has 4 amide bonds. The lowest BCUT2D eigenvalue weighted by Gasteiger charge is -2.31. The number of aromatic nitrogens is 2. The Morgan fingerprint density at radius 3 is 2.80 bits per heavy atom. The number of aromatic amines is 1. The van der Waals surface area contributed by atoms with Crippen molar-refractivity contribution in [1.29, 1.82) is 0 Å². The molecule has 0 spiro atoms. The highest BCUT2D eigenvalue weighted by Gasteiger charge is 2.39. The minimum Gasteiger partial charge on any atom is -0.368 e. The zero-order valence-corrected chi connectivity index (χ0v) is 13.5. The Balaban J connectivity index is 1.73. The van der Waals surface area contributed by atoms with Crippen LogP contribution in [0.15, 0.2) is 12.5 Å². The predicted molar refractivity (Wildman–Crippen MR) is 84.7 cm³/mol. The number of primary amides is 1. The summed E-state index contributed by atoms with van der Waals surface area (Å²) in [5, 5.41) is 5.14. The van der Waals surface area contributed by atoms with Gasteiger partial charge in [-0.1, -0.05) is 0 Å². The SMILES string of the molecule is NC(=O)C1CCCN1C(=O)C(Cc1cnc[nH]1)NC(=O)C1CC(=O)N1. The number of amides is 4. The first-order chi connectivity index (χ1) is 12.0. The molecule has 0 radical (unpaired) electrons. The van der Waals surface area contributed by atoms with E-state index in [1.165, 1.54) is 11.2 Å². The van der Waals surface area contributed by atoms with Gasteiger partial charge in [-0.3, -0.25) is 19.2 Å². The molecule has 2 aliphatic rings. The molecule has 2 aliphatic heterocycles. The first-order valence-corrected chi connectivity index (χ1v) is 8.12. The van der Waals surface area contributed by atoms with Crippen LogP contribution in [-0.2, 0) is 25.6 Å². The first kappa shape index (κ1) is 16.9. The molecule has 0 aliphatic carbocycles. The quantitative estimate of drug-likeness (QED) is 0.430. The topological polar surface area (TPSA) is 150 Å². The lowest BCUT2D eigenvalue weighted by atomic mass is 10.0. The van der Waals surface area contributed by atoms with E-state index >= 15 is 0 Å². The molecular formula is C15H20N6O4. The normalized spacial score (nSPS) is 23.5. The van der Waals surface area contributed by atoms with Crippen molar-refractivity contribution < 1.29 is 19.2 Å². The number of imidazole rings is 1. The highest BCUT2D eigenvalue weighted by atomic mass is 16.2. The van der Waals surface area contributed by atoms with E-state index in [1.807, 2.05) is 0 Å². The van der Waals surface area contributed by atoms with Gasteiger partial charge < -0.3 is 26.3 Å². The van der Waals surface area contributed by atoms with E-state index < -0.39 is 29.9 Å². The van der Waals surface area contributed by atoms with Gasteiger partial charge in [-0.05, 0) is 12.8 Å². The largest absolute Gasteiger partial charge is 0.368 e. The van der Waals surface area contributed by atoms with Crippen LogP contribution >= 0.6 is 0 Å². The molecule has 3 heterocycles. The van der Waals surface area contributed by atoms with E-state index in [2.05, 4.69) is 20.6 Å². The van der Waals surface area contributed by atoms with Gasteiger partial charge in [0.2, 0.25) is 23.6 Å². The monoisotopic (exact) mass is 348 g/mol. The summed E-state index contributed by atoms with van der Waals surface area (Å²) in [6.07, 6.45) is 4.55. The summed E-state index contributed by atoms with van der Waals surface area (Å²) in [4.78, 5) is 55.9. The molecular weight excluding hydrogens is 328 g/mol. The maximum atomic E-state index is 12.9. The van der Waals surface area contributed by atoms with Crippen LogP contribution < -0.4 is 16.4 Å². The summed E-state index contributed by atoms with van der Waals surface area (Å²) in [7, 11) is 0. The van der Waals surface area contributed by atoms with Gasteiger partial charge in [0.15, 0.2) is 0 Å². The molecule has 3 atom stereocenters. The molecule has 0 aromatic carbocycles. The van der Waals surface area contributed by atoms with E-state index in [-0.39, 0.29) is 24.7 Å². The minimum absolute atomic E-state index is 0.102. The summed E-state index contributed by atoms with van der Waals surface area (Å²) in [5.74, 6) is -1.55. The van der Waals surface area contributed by atoms with E-state index in [0.29, 0.717) is 25.1 Å². The van der Waals surface area contributed by atoms with Crippen LogP contribution in [0.5, 0.6) is 0 Å². The summed E-state index contributed by atoms with van der Waals surface area (Å²) < 4.78 is 0. The number of β-lactam (4-membered cyclic amide) rings is 1. The van der Waals surface area contributed by atoms with E-state index in [1.54, 1.807) is 6.20 Å². The maximum absolute atomic E-state index is 12.9. The van der Waals surface area contributed by atoms with Crippen molar-refractivity contribution in [1.82, 2.24) is 25.5 Å². The number of nitrogens with zero attached hydrogens (tertiary/aromatic N) is 2. The standard InChI is InChI=1S/C15H20N6O4/c16-13(23)11-2-1-3-21(11)15(25)10(4-8-6-17-7-18-8)20-14(24)9-5-12(22)19-9/h6-7,9-11H,1-5H2,(H2,16,23)(H,17,18)(H,19,22)(H,20,24). The Morgan fingerprint density at radius 1 is 1.44 bits per heavy atom. The molecule has 1 aromatic rings. The summed E-state index contributed by atoms with van der Waals surface area (Å²) in [5.41, 5.74) is 6.05. The fraction of sp³-hybridized carbons (Fsp3) is 0.533. The van der Waals surface area contributed by atoms with Crippen LogP contribution in [0.1, 0.15) is 25.0 Å². The fourth-order valence-corrected chi connectivity index (χ4v) is 3.13. The number of likely N-dealkylation sites (tertiary alicyclic amines) is 1. The second-order valence-electron chi connectivity index (χ2n) is 6.26. The molecule has 0 bridgehead atoms. The second-order valence-corrected chi connectivity index (χ2v) is 6.26. The van der Waals surface area contributed by atoms with Gasteiger partial charge in [-0.15, -0.1) is 0 Å². The van der Waals surface area contributed by atoms with Crippen molar-refractivity contribution in [2.45, 2.75) is 43.8 Å². The molecule has 5 N–H and O–H groups in total. The Morgan fingerprint density at radius 2 is 2.20 bits per heavy atom. The highest BCUT2D eigenvalue weighted by Crippen LogP contribution is 2.19. The molecule has 10 heteroatoms. The summed E-state index contributed by atoms with van der Waals surface area (Å²) >= 11 is 0. The molecule has 2 saturated heterocycles. The molecule has 25 heavy (non-hydrogen) atoms. The van der Waals surface area contributed by atoms with Gasteiger partial charge >= 0.3 is 0 Å². The van der Waals surface area contributed by atoms with Gasteiger partial charge in [-0.25, -0.2) is 4.98 Å². The third-order valence-electron chi connectivity index (χ3n) is 4.50. The summed E-state index contributed by atoms with van der Waals surface area (Å²) in [6, 6.07) is -2.16. The second kappa shape index (κ2) is 6.91. The molecule has 10 nitrogen and oxygen atoms in total. The predicted octanol–water partition coefficient (Wildman–Crippen LogP) is -2.20. The van der Waals surface area contributed by atoms with Gasteiger partial charge in [0.1, 0.15) is 18.1 Å². The number of carbonyl (C=O) groups excluding carboxylic acids is 4. The molecule has 134 valence electrons. The minimum atomic E-state index is -0.870. The zero-order chi connectivity index (χ0) is 18.0. The Hall–Kier alpha value is -2.91. The van der Waals surface area contributed by atoms with Crippen LogP contribution in [0.4, 0.5) is 0 Å². The Bertz CT molecular complexity index is 680. The van der Waals surface area contributed by atoms with Crippen LogP contribution in [0.3, 0.4) is 0 Å². The van der Waals surface area contributed by atoms with Crippen molar-refractivity contribution in [2.75, 3.05) is 6.54 Å². The van der Waals surface area contributed by atoms with Crippen molar-refractivity contribution in [3.05, 3.63) is 18.2 Å². The highest BCUT2D eigenvalue weighted by molar-refractivity contribution is 5.99. The average molecular weight is 348 g/mol. The molecule has 1 aromatic heterocycles. The number of H-pyrrole nitrogens is 1. The Labute approximate surface area is 143 Å². The number of hydrogen-bond donors (Lipinski definition) is 4. The smallest absolute Gasteiger partial charge is 0.246 e. The van der Waals surface area contributed by atoms with Crippen molar-refractivity contribution >= 4 is 23.6 Å². The van der Waals surface area contributed by atoms with E-state index in [9.17, 15) is 19.2 Å². The third kappa shape index (κ3) is 3.62. The van der Waals surface area contributed by atoms with Crippen LogP contribution in [-0.4, -0.2) is 63.2 Å². The number of hydrogen-bond acceptors (Lipinski definition) is 5. The Kier molecular flexibility index (Phi) is 4.68. The zero-order valence-electron chi connectivity index (χ0n) is 13.5. The summed E-state index contributed by atoms with van der Waals surface area (Å²) in [6.45, 7) is 0.419. The number of nitrogens with one attached hydrogen (secondary N) is 3. The van der Waals surface area contributed by atoms with Crippen LogP contribution in [0, 0.1) is 0 Å². The van der Waals surface area contributed by atoms with E-state index in [0.717, 1.165) is 0 Å². The van der Waals surface area contributed by atoms with Crippen molar-refractivity contribution in [3.8, 4) is 0 Å². The molecule has 2 fully saturated rings. The number of carbonyl (C=O) groups is 4. The third-order valence-corrected chi connectivity index (χ3v) is 4.50. The lowest BCUT2D eigenvalue weighted by Crippen LogP contribution is -2.61. The van der Waals surface area contributed by atoms with Gasteiger partial charge in [0.05, 0.1) is 12.7 Å². The number of nitrogens with two attached hydrogens (primary N) is 1. The fourth-order valence-electron chi connectivity index (χ4n) is 3.13. The molecule has 3 unspecified atom stereocenters.